The van der Waals surface area contributed by atoms with Crippen molar-refractivity contribution < 1.29 is 9.84 Å². The van der Waals surface area contributed by atoms with Crippen LogP contribution in [0, 0.1) is 0 Å². The van der Waals surface area contributed by atoms with E-state index in [2.05, 4.69) is 5.10 Å². The van der Waals surface area contributed by atoms with Crippen molar-refractivity contribution in [3.05, 3.63) is 12.4 Å². The second-order valence-corrected chi connectivity index (χ2v) is 3.50. The Bertz CT molecular complexity index is 285. The minimum Gasteiger partial charge on any atom is -0.484 e. The van der Waals surface area contributed by atoms with Gasteiger partial charge in [0.2, 0.25) is 0 Å². The highest BCUT2D eigenvalue weighted by molar-refractivity contribution is 5.12. The van der Waals surface area contributed by atoms with Gasteiger partial charge < -0.3 is 9.84 Å². The van der Waals surface area contributed by atoms with Gasteiger partial charge in [0.15, 0.2) is 5.75 Å². The van der Waals surface area contributed by atoms with Crippen molar-refractivity contribution in [2.75, 3.05) is 0 Å². The molecule has 1 aliphatic rings. The van der Waals surface area contributed by atoms with E-state index in [1.165, 1.54) is 0 Å². The summed E-state index contributed by atoms with van der Waals surface area (Å²) < 4.78 is 7.27. The molecular weight excluding hydrogens is 168 g/mol. The van der Waals surface area contributed by atoms with Gasteiger partial charge in [0.05, 0.1) is 18.5 Å². The number of hydrogen-bond acceptors (Lipinski definition) is 3. The number of ether oxygens (including phenoxy) is 1. The monoisotopic (exact) mass is 182 g/mol. The molecule has 1 saturated carbocycles. The fraction of sp³-hybridized carbons (Fsp3) is 0.667. The number of nitrogens with zero attached hydrogens (tertiary/aromatic N) is 2. The van der Waals surface area contributed by atoms with Crippen LogP contribution in [0.1, 0.15) is 19.3 Å². The lowest BCUT2D eigenvalue weighted by Gasteiger charge is -2.14. The van der Waals surface area contributed by atoms with E-state index >= 15 is 0 Å². The summed E-state index contributed by atoms with van der Waals surface area (Å²) in [5, 5.41) is 13.5. The molecule has 0 aromatic carbocycles. The van der Waals surface area contributed by atoms with Gasteiger partial charge in [-0.1, -0.05) is 0 Å². The minimum absolute atomic E-state index is 0.0378. The predicted molar refractivity (Wildman–Crippen MR) is 47.5 cm³/mol. The first-order valence-electron chi connectivity index (χ1n) is 4.59. The Kier molecular flexibility index (Phi) is 2.22. The minimum atomic E-state index is -0.305. The number of aromatic nitrogens is 2. The summed E-state index contributed by atoms with van der Waals surface area (Å²) in [6.07, 6.45) is 5.98. The second kappa shape index (κ2) is 3.38. The zero-order chi connectivity index (χ0) is 9.26. The normalized spacial score (nSPS) is 27.8. The third-order valence-corrected chi connectivity index (χ3v) is 2.39. The Balaban J connectivity index is 1.97. The van der Waals surface area contributed by atoms with Crippen LogP contribution in [0.5, 0.6) is 5.75 Å². The summed E-state index contributed by atoms with van der Waals surface area (Å²) in [5.41, 5.74) is 0. The summed E-state index contributed by atoms with van der Waals surface area (Å²) in [6, 6.07) is 0. The first-order valence-corrected chi connectivity index (χ1v) is 4.59. The first kappa shape index (κ1) is 8.56. The average molecular weight is 182 g/mol. The van der Waals surface area contributed by atoms with Crippen molar-refractivity contribution in [3.8, 4) is 5.75 Å². The summed E-state index contributed by atoms with van der Waals surface area (Å²) in [4.78, 5) is 0. The van der Waals surface area contributed by atoms with Crippen LogP contribution in [-0.4, -0.2) is 27.1 Å². The summed E-state index contributed by atoms with van der Waals surface area (Å²) in [5.74, 6) is 0.744. The average Bonchev–Trinajstić information content (AvgIpc) is 2.64. The molecule has 1 aliphatic carbocycles. The number of aliphatic hydroxyl groups is 1. The first-order chi connectivity index (χ1) is 6.25. The van der Waals surface area contributed by atoms with Gasteiger partial charge in [-0.05, 0) is 19.3 Å². The number of hydrogen-bond donors (Lipinski definition) is 1. The van der Waals surface area contributed by atoms with E-state index in [4.69, 9.17) is 4.74 Å². The summed E-state index contributed by atoms with van der Waals surface area (Å²) in [7, 11) is 1.85. The van der Waals surface area contributed by atoms with Crippen LogP contribution in [0.15, 0.2) is 12.4 Å². The number of aliphatic hydroxyl groups excluding tert-OH is 1. The second-order valence-electron chi connectivity index (χ2n) is 3.50. The van der Waals surface area contributed by atoms with Gasteiger partial charge in [-0.2, -0.15) is 5.10 Å². The topological polar surface area (TPSA) is 47.3 Å². The third-order valence-electron chi connectivity index (χ3n) is 2.39. The molecule has 0 spiro atoms. The van der Waals surface area contributed by atoms with E-state index in [0.717, 1.165) is 25.0 Å². The maximum Gasteiger partial charge on any atom is 0.157 e. The molecule has 0 amide bonds. The molecule has 1 N–H and O–H groups in total. The van der Waals surface area contributed by atoms with Crippen molar-refractivity contribution in [1.29, 1.82) is 0 Å². The molecule has 1 aromatic heterocycles. The number of rotatable bonds is 2. The Hall–Kier alpha value is -1.03. The smallest absolute Gasteiger partial charge is 0.157 e. The highest BCUT2D eigenvalue weighted by Gasteiger charge is 2.27. The van der Waals surface area contributed by atoms with Crippen LogP contribution in [0.2, 0.25) is 0 Å². The molecule has 1 fully saturated rings. The van der Waals surface area contributed by atoms with Gasteiger partial charge in [0.25, 0.3) is 0 Å². The Morgan fingerprint density at radius 2 is 2.46 bits per heavy atom. The van der Waals surface area contributed by atoms with Gasteiger partial charge in [0.1, 0.15) is 6.10 Å². The molecule has 0 bridgehead atoms. The fourth-order valence-corrected chi connectivity index (χ4v) is 1.68. The fourth-order valence-electron chi connectivity index (χ4n) is 1.68. The van der Waals surface area contributed by atoms with E-state index in [0.29, 0.717) is 0 Å². The highest BCUT2D eigenvalue weighted by Crippen LogP contribution is 2.23. The van der Waals surface area contributed by atoms with Crippen molar-refractivity contribution in [1.82, 2.24) is 9.78 Å². The van der Waals surface area contributed by atoms with Gasteiger partial charge >= 0.3 is 0 Å². The van der Waals surface area contributed by atoms with Gasteiger partial charge in [-0.3, -0.25) is 4.68 Å². The molecule has 4 nitrogen and oxygen atoms in total. The molecule has 1 aromatic rings. The van der Waals surface area contributed by atoms with Crippen LogP contribution in [0.4, 0.5) is 0 Å². The third kappa shape index (κ3) is 1.83. The molecule has 1 heterocycles. The summed E-state index contributed by atoms with van der Waals surface area (Å²) in [6.45, 7) is 0. The maximum absolute atomic E-state index is 9.50. The summed E-state index contributed by atoms with van der Waals surface area (Å²) >= 11 is 0. The maximum atomic E-state index is 9.50. The lowest BCUT2D eigenvalue weighted by molar-refractivity contribution is 0.0603. The van der Waals surface area contributed by atoms with E-state index < -0.39 is 0 Å². The standard InChI is InChI=1S/C9H14N2O2/c1-11-6-7(5-10-11)13-9-4-2-3-8(9)12/h5-6,8-9,12H,2-4H2,1H3/t8-,9-/m0/s1. The quantitative estimate of drug-likeness (QED) is 0.732. The van der Waals surface area contributed by atoms with E-state index in [1.807, 2.05) is 13.2 Å². The molecule has 13 heavy (non-hydrogen) atoms. The zero-order valence-corrected chi connectivity index (χ0v) is 7.68. The molecule has 2 atom stereocenters. The lowest BCUT2D eigenvalue weighted by Crippen LogP contribution is -2.25. The predicted octanol–water partition coefficient (Wildman–Crippen LogP) is 0.712. The van der Waals surface area contributed by atoms with Crippen LogP contribution < -0.4 is 4.74 Å². The van der Waals surface area contributed by atoms with Crippen molar-refractivity contribution >= 4 is 0 Å². The molecular formula is C9H14N2O2. The van der Waals surface area contributed by atoms with Crippen molar-refractivity contribution in [3.63, 3.8) is 0 Å². The Labute approximate surface area is 77.1 Å². The van der Waals surface area contributed by atoms with Crippen LogP contribution in [-0.2, 0) is 7.05 Å². The zero-order valence-electron chi connectivity index (χ0n) is 7.68. The van der Waals surface area contributed by atoms with Crippen LogP contribution in [0.3, 0.4) is 0 Å². The molecule has 0 aliphatic heterocycles. The van der Waals surface area contributed by atoms with E-state index in [9.17, 15) is 5.11 Å². The van der Waals surface area contributed by atoms with Crippen molar-refractivity contribution in [2.45, 2.75) is 31.5 Å². The molecule has 2 rings (SSSR count). The SMILES string of the molecule is Cn1cc(O[C@H]2CCC[C@@H]2O)cn1. The van der Waals surface area contributed by atoms with Gasteiger partial charge in [0, 0.05) is 7.05 Å². The van der Waals surface area contributed by atoms with Crippen LogP contribution >= 0.6 is 0 Å². The Morgan fingerprint density at radius 1 is 1.62 bits per heavy atom. The molecule has 0 unspecified atom stereocenters. The molecule has 4 heteroatoms. The van der Waals surface area contributed by atoms with E-state index in [-0.39, 0.29) is 12.2 Å². The Morgan fingerprint density at radius 3 is 3.00 bits per heavy atom. The van der Waals surface area contributed by atoms with E-state index in [1.54, 1.807) is 10.9 Å². The van der Waals surface area contributed by atoms with Crippen LogP contribution in [0.25, 0.3) is 0 Å². The molecule has 0 saturated heterocycles. The molecule has 0 radical (unpaired) electrons. The highest BCUT2D eigenvalue weighted by atomic mass is 16.5. The number of aryl methyl sites for hydroxylation is 1. The van der Waals surface area contributed by atoms with Gasteiger partial charge in [-0.25, -0.2) is 0 Å². The van der Waals surface area contributed by atoms with Crippen molar-refractivity contribution in [2.24, 2.45) is 7.05 Å². The largest absolute Gasteiger partial charge is 0.484 e. The van der Waals surface area contributed by atoms with Gasteiger partial charge in [-0.15, -0.1) is 0 Å². The lowest BCUT2D eigenvalue weighted by atomic mass is 10.3. The molecule has 72 valence electrons.